The Hall–Kier alpha value is -0.0301. The molecule has 138 valence electrons. The van der Waals surface area contributed by atoms with Gasteiger partial charge in [0.1, 0.15) is 0 Å². The highest BCUT2D eigenvalue weighted by Crippen LogP contribution is 2.53. The number of hydrogen-bond donors (Lipinski definition) is 0. The normalized spacial score (nSPS) is 27.8. The Labute approximate surface area is 149 Å². The number of hydrogen-bond acceptors (Lipinski definition) is 4. The third-order valence-corrected chi connectivity index (χ3v) is 6.65. The lowest BCUT2D eigenvalue weighted by atomic mass is 9.38. The van der Waals surface area contributed by atoms with Crippen molar-refractivity contribution in [2.24, 2.45) is 0 Å². The summed E-state index contributed by atoms with van der Waals surface area (Å²) in [4.78, 5) is 0. The van der Waals surface area contributed by atoms with E-state index in [2.05, 4.69) is 69.2 Å². The summed E-state index contributed by atoms with van der Waals surface area (Å²) in [5.74, 6) is 0. The lowest BCUT2D eigenvalue weighted by molar-refractivity contribution is 0.00578. The van der Waals surface area contributed by atoms with Gasteiger partial charge in [-0.15, -0.1) is 0 Å². The Bertz CT molecular complexity index is 406. The Morgan fingerprint density at radius 1 is 0.667 bits per heavy atom. The third-order valence-electron chi connectivity index (χ3n) is 6.65. The zero-order valence-electron chi connectivity index (χ0n) is 17.4. The second kappa shape index (κ2) is 6.00. The minimum atomic E-state index is -0.355. The number of unbranched alkanes of at least 4 members (excludes halogenated alkanes) is 1. The van der Waals surface area contributed by atoms with E-state index in [0.29, 0.717) is 0 Å². The molecule has 0 saturated carbocycles. The van der Waals surface area contributed by atoms with Crippen molar-refractivity contribution in [1.82, 2.24) is 0 Å². The SMILES string of the molecule is CCCCC(C)(B1OC(C)(C)C(C)(C)O1)B1OC(C)(C)C(C)(C)O1. The highest BCUT2D eigenvalue weighted by atomic mass is 16.7. The fourth-order valence-electron chi connectivity index (χ4n) is 3.13. The molecule has 0 aromatic rings. The zero-order valence-corrected chi connectivity index (χ0v) is 17.4. The van der Waals surface area contributed by atoms with E-state index >= 15 is 0 Å². The summed E-state index contributed by atoms with van der Waals surface area (Å²) in [5.41, 5.74) is -1.41. The van der Waals surface area contributed by atoms with Crippen LogP contribution in [0, 0.1) is 0 Å². The van der Waals surface area contributed by atoms with E-state index < -0.39 is 0 Å². The van der Waals surface area contributed by atoms with E-state index in [-0.39, 0.29) is 41.9 Å². The van der Waals surface area contributed by atoms with Crippen LogP contribution in [0.3, 0.4) is 0 Å². The summed E-state index contributed by atoms with van der Waals surface area (Å²) in [6, 6.07) is 0. The van der Waals surface area contributed by atoms with Gasteiger partial charge in [-0.2, -0.15) is 0 Å². The van der Waals surface area contributed by atoms with Gasteiger partial charge in [0, 0.05) is 5.21 Å². The highest BCUT2D eigenvalue weighted by molar-refractivity contribution is 6.71. The van der Waals surface area contributed by atoms with Crippen LogP contribution in [0.2, 0.25) is 5.21 Å². The van der Waals surface area contributed by atoms with E-state index in [9.17, 15) is 0 Å². The summed E-state index contributed by atoms with van der Waals surface area (Å²) >= 11 is 0. The Balaban J connectivity index is 2.32. The van der Waals surface area contributed by atoms with E-state index in [4.69, 9.17) is 18.6 Å². The van der Waals surface area contributed by atoms with Crippen LogP contribution < -0.4 is 0 Å². The average Bonchev–Trinajstić information content (AvgIpc) is 2.76. The minimum absolute atomic E-state index is 0.344. The molecule has 24 heavy (non-hydrogen) atoms. The predicted octanol–water partition coefficient (Wildman–Crippen LogP) is 4.66. The van der Waals surface area contributed by atoms with Crippen LogP contribution in [0.5, 0.6) is 0 Å². The highest BCUT2D eigenvalue weighted by Gasteiger charge is 2.66. The standard InChI is InChI=1S/C18H36B2O4/c1-11-12-13-18(10,19-21-14(2,3)15(4,5)22-19)20-23-16(6,7)17(8,9)24-20/h11-13H2,1-10H3. The Kier molecular flexibility index (Phi) is 5.07. The van der Waals surface area contributed by atoms with Gasteiger partial charge >= 0.3 is 14.2 Å². The van der Waals surface area contributed by atoms with Crippen molar-refractivity contribution in [2.75, 3.05) is 0 Å². The van der Waals surface area contributed by atoms with E-state index in [1.165, 1.54) is 0 Å². The fourth-order valence-corrected chi connectivity index (χ4v) is 3.13. The van der Waals surface area contributed by atoms with Gasteiger partial charge < -0.3 is 18.6 Å². The molecular weight excluding hydrogens is 302 g/mol. The Morgan fingerprint density at radius 3 is 1.21 bits per heavy atom. The summed E-state index contributed by atoms with van der Waals surface area (Å²) < 4.78 is 25.6. The van der Waals surface area contributed by atoms with Gasteiger partial charge in [0.25, 0.3) is 0 Å². The first kappa shape index (κ1) is 20.3. The second-order valence-electron chi connectivity index (χ2n) is 9.79. The average molecular weight is 338 g/mol. The van der Waals surface area contributed by atoms with Crippen LogP contribution in [0.25, 0.3) is 0 Å². The minimum Gasteiger partial charge on any atom is -0.403 e. The van der Waals surface area contributed by atoms with Crippen LogP contribution in [0.4, 0.5) is 0 Å². The maximum Gasteiger partial charge on any atom is 0.461 e. The molecule has 0 N–H and O–H groups in total. The van der Waals surface area contributed by atoms with Crippen LogP contribution in [-0.4, -0.2) is 36.6 Å². The van der Waals surface area contributed by atoms with Crippen LogP contribution >= 0.6 is 0 Å². The molecular formula is C18H36B2O4. The van der Waals surface area contributed by atoms with Gasteiger partial charge in [-0.25, -0.2) is 0 Å². The predicted molar refractivity (Wildman–Crippen MR) is 100 cm³/mol. The van der Waals surface area contributed by atoms with Crippen LogP contribution in [0.1, 0.15) is 88.5 Å². The lowest BCUT2D eigenvalue weighted by Gasteiger charge is -2.33. The largest absolute Gasteiger partial charge is 0.461 e. The maximum absolute atomic E-state index is 6.39. The van der Waals surface area contributed by atoms with E-state index in [1.54, 1.807) is 0 Å². The molecule has 0 unspecified atom stereocenters. The molecule has 0 spiro atoms. The first-order chi connectivity index (χ1) is 10.7. The summed E-state index contributed by atoms with van der Waals surface area (Å²) in [6.07, 6.45) is 3.15. The smallest absolute Gasteiger partial charge is 0.403 e. The molecule has 0 aromatic carbocycles. The number of rotatable bonds is 5. The quantitative estimate of drug-likeness (QED) is 0.683. The molecule has 2 heterocycles. The van der Waals surface area contributed by atoms with Crippen molar-refractivity contribution in [3.8, 4) is 0 Å². The molecule has 2 aliphatic heterocycles. The van der Waals surface area contributed by atoms with Gasteiger partial charge in [-0.1, -0.05) is 33.1 Å². The van der Waals surface area contributed by atoms with Gasteiger partial charge in [0.05, 0.1) is 22.4 Å². The first-order valence-corrected chi connectivity index (χ1v) is 9.40. The third kappa shape index (κ3) is 3.20. The van der Waals surface area contributed by atoms with Gasteiger partial charge in [0.15, 0.2) is 0 Å². The van der Waals surface area contributed by atoms with Crippen molar-refractivity contribution in [2.45, 2.75) is 116 Å². The molecule has 2 aliphatic rings. The van der Waals surface area contributed by atoms with Crippen LogP contribution in [-0.2, 0) is 18.6 Å². The molecule has 2 saturated heterocycles. The fraction of sp³-hybridized carbons (Fsp3) is 1.00. The molecule has 0 atom stereocenters. The van der Waals surface area contributed by atoms with Gasteiger partial charge in [-0.05, 0) is 55.4 Å². The van der Waals surface area contributed by atoms with Crippen molar-refractivity contribution in [1.29, 1.82) is 0 Å². The van der Waals surface area contributed by atoms with Crippen molar-refractivity contribution >= 4 is 14.2 Å². The molecule has 4 nitrogen and oxygen atoms in total. The zero-order chi connectivity index (χ0) is 18.6. The molecule has 0 aliphatic carbocycles. The van der Waals surface area contributed by atoms with E-state index in [0.717, 1.165) is 19.3 Å². The topological polar surface area (TPSA) is 36.9 Å². The van der Waals surface area contributed by atoms with E-state index in [1.807, 2.05) is 0 Å². The van der Waals surface area contributed by atoms with Crippen molar-refractivity contribution in [3.05, 3.63) is 0 Å². The van der Waals surface area contributed by atoms with Crippen molar-refractivity contribution in [3.63, 3.8) is 0 Å². The monoisotopic (exact) mass is 338 g/mol. The summed E-state index contributed by atoms with van der Waals surface area (Å²) in [6.45, 7) is 21.1. The molecule has 2 fully saturated rings. The summed E-state index contributed by atoms with van der Waals surface area (Å²) in [7, 11) is -0.688. The second-order valence-corrected chi connectivity index (χ2v) is 9.79. The molecule has 0 bridgehead atoms. The Morgan fingerprint density at radius 2 is 0.958 bits per heavy atom. The molecule has 0 aromatic heterocycles. The summed E-state index contributed by atoms with van der Waals surface area (Å²) in [5, 5.41) is -0.355. The molecule has 2 rings (SSSR count). The maximum atomic E-state index is 6.39. The van der Waals surface area contributed by atoms with Gasteiger partial charge in [-0.3, -0.25) is 0 Å². The van der Waals surface area contributed by atoms with Crippen molar-refractivity contribution < 1.29 is 18.6 Å². The lowest BCUT2D eigenvalue weighted by Crippen LogP contribution is -2.47. The molecule has 0 radical (unpaired) electrons. The molecule has 0 amide bonds. The van der Waals surface area contributed by atoms with Crippen LogP contribution in [0.15, 0.2) is 0 Å². The molecule has 6 heteroatoms. The van der Waals surface area contributed by atoms with Gasteiger partial charge in [0.2, 0.25) is 0 Å². The first-order valence-electron chi connectivity index (χ1n) is 9.40.